The van der Waals surface area contributed by atoms with Gasteiger partial charge in [0, 0.05) is 16.8 Å². The summed E-state index contributed by atoms with van der Waals surface area (Å²) in [6, 6.07) is 9.55. The molecular weight excluding hydrogens is 260 g/mol. The van der Waals surface area contributed by atoms with Crippen molar-refractivity contribution in [2.24, 2.45) is 4.99 Å². The Balaban J connectivity index is 1.80. The number of aliphatic imine (C=N–C) groups is 1. The van der Waals surface area contributed by atoms with Crippen molar-refractivity contribution in [1.29, 1.82) is 0 Å². The number of amides is 1. The lowest BCUT2D eigenvalue weighted by Gasteiger charge is -2.03. The third-order valence-corrected chi connectivity index (χ3v) is 3.19. The summed E-state index contributed by atoms with van der Waals surface area (Å²) in [6.45, 7) is 0. The molecule has 1 aromatic heterocycles. The first-order chi connectivity index (χ1) is 9.31. The second-order valence-corrected chi connectivity index (χ2v) is 4.76. The third kappa shape index (κ3) is 2.69. The predicted octanol–water partition coefficient (Wildman–Crippen LogP) is 2.08. The van der Waals surface area contributed by atoms with E-state index in [1.807, 2.05) is 30.3 Å². The van der Waals surface area contributed by atoms with E-state index in [4.69, 9.17) is 0 Å². The highest BCUT2D eigenvalue weighted by molar-refractivity contribution is 7.10. The number of nitrogens with zero attached hydrogens (tertiary/aromatic N) is 2. The lowest BCUT2D eigenvalue weighted by Crippen LogP contribution is -2.29. The minimum absolute atomic E-state index is 0.216. The van der Waals surface area contributed by atoms with Crippen LogP contribution >= 0.6 is 11.3 Å². The number of aromatic nitrogens is 1. The highest BCUT2D eigenvalue weighted by atomic mass is 32.1. The second-order valence-electron chi connectivity index (χ2n) is 3.84. The van der Waals surface area contributed by atoms with Crippen molar-refractivity contribution in [2.75, 3.05) is 5.32 Å². The molecule has 5 nitrogen and oxygen atoms in total. The van der Waals surface area contributed by atoms with Gasteiger partial charge in [0.05, 0.1) is 5.51 Å². The first-order valence-electron chi connectivity index (χ1n) is 5.63. The van der Waals surface area contributed by atoms with Crippen LogP contribution in [0.4, 0.5) is 5.69 Å². The molecule has 1 amide bonds. The molecule has 1 aromatic carbocycles. The zero-order chi connectivity index (χ0) is 13.1. The van der Waals surface area contributed by atoms with Crippen LogP contribution in [0.25, 0.3) is 6.08 Å². The maximum Gasteiger partial charge on any atom is 0.276 e. The number of anilines is 1. The van der Waals surface area contributed by atoms with Crippen LogP contribution in [0.2, 0.25) is 0 Å². The molecule has 3 rings (SSSR count). The second kappa shape index (κ2) is 5.03. The summed E-state index contributed by atoms with van der Waals surface area (Å²) in [7, 11) is 0. The van der Waals surface area contributed by atoms with E-state index in [1.165, 1.54) is 11.3 Å². The topological polar surface area (TPSA) is 66.4 Å². The molecule has 94 valence electrons. The number of carbonyl (C=O) groups excluding carboxylic acids is 1. The molecule has 0 aliphatic carbocycles. The molecule has 2 heterocycles. The van der Waals surface area contributed by atoms with E-state index in [-0.39, 0.29) is 5.91 Å². The lowest BCUT2D eigenvalue weighted by atomic mass is 10.3. The number of para-hydroxylation sites is 1. The SMILES string of the molecule is O=C1NC(Nc2ccccc2)=N/C1=C\c1cncs1. The fourth-order valence-corrected chi connectivity index (χ4v) is 2.16. The molecule has 0 spiro atoms. The van der Waals surface area contributed by atoms with Gasteiger partial charge in [0.25, 0.3) is 5.91 Å². The summed E-state index contributed by atoms with van der Waals surface area (Å²) in [5.74, 6) is 0.221. The van der Waals surface area contributed by atoms with Crippen molar-refractivity contribution in [3.8, 4) is 0 Å². The number of thiazole rings is 1. The highest BCUT2D eigenvalue weighted by Crippen LogP contribution is 2.15. The molecule has 19 heavy (non-hydrogen) atoms. The predicted molar refractivity (Wildman–Crippen MR) is 75.7 cm³/mol. The van der Waals surface area contributed by atoms with Gasteiger partial charge in [0.2, 0.25) is 5.96 Å². The van der Waals surface area contributed by atoms with E-state index in [1.54, 1.807) is 17.8 Å². The largest absolute Gasteiger partial charge is 0.326 e. The van der Waals surface area contributed by atoms with Gasteiger partial charge in [0.15, 0.2) is 0 Å². The Morgan fingerprint density at radius 2 is 2.11 bits per heavy atom. The quantitative estimate of drug-likeness (QED) is 0.821. The van der Waals surface area contributed by atoms with Crippen LogP contribution in [0.15, 0.2) is 52.7 Å². The fraction of sp³-hybridized carbons (Fsp3) is 0. The first kappa shape index (κ1) is 11.6. The van der Waals surface area contributed by atoms with Gasteiger partial charge in [-0.15, -0.1) is 11.3 Å². The summed E-state index contributed by atoms with van der Waals surface area (Å²) in [5, 5.41) is 5.73. The summed E-state index contributed by atoms with van der Waals surface area (Å²) in [5.41, 5.74) is 2.97. The van der Waals surface area contributed by atoms with E-state index < -0.39 is 0 Å². The Hall–Kier alpha value is -2.47. The number of benzene rings is 1. The van der Waals surface area contributed by atoms with E-state index in [0.29, 0.717) is 11.7 Å². The Morgan fingerprint density at radius 1 is 1.26 bits per heavy atom. The molecule has 0 fully saturated rings. The van der Waals surface area contributed by atoms with Crippen LogP contribution in [0.5, 0.6) is 0 Å². The lowest BCUT2D eigenvalue weighted by molar-refractivity contribution is -0.115. The fourth-order valence-electron chi connectivity index (χ4n) is 1.62. The van der Waals surface area contributed by atoms with Crippen LogP contribution < -0.4 is 10.6 Å². The molecule has 2 N–H and O–H groups in total. The van der Waals surface area contributed by atoms with E-state index in [2.05, 4.69) is 20.6 Å². The van der Waals surface area contributed by atoms with Crippen molar-refractivity contribution in [3.63, 3.8) is 0 Å². The molecule has 0 unspecified atom stereocenters. The number of rotatable bonds is 2. The van der Waals surface area contributed by atoms with Gasteiger partial charge in [-0.2, -0.15) is 0 Å². The van der Waals surface area contributed by atoms with E-state index in [0.717, 1.165) is 10.6 Å². The van der Waals surface area contributed by atoms with Crippen molar-refractivity contribution in [1.82, 2.24) is 10.3 Å². The molecule has 0 radical (unpaired) electrons. The maximum atomic E-state index is 11.8. The number of hydrogen-bond acceptors (Lipinski definition) is 5. The van der Waals surface area contributed by atoms with Crippen molar-refractivity contribution in [3.05, 3.63) is 52.6 Å². The Labute approximate surface area is 113 Å². The molecule has 2 aromatic rings. The minimum Gasteiger partial charge on any atom is -0.326 e. The zero-order valence-electron chi connectivity index (χ0n) is 9.83. The average molecular weight is 270 g/mol. The Morgan fingerprint density at radius 3 is 2.84 bits per heavy atom. The molecule has 1 aliphatic heterocycles. The maximum absolute atomic E-state index is 11.8. The normalized spacial score (nSPS) is 16.3. The van der Waals surface area contributed by atoms with Gasteiger partial charge in [0.1, 0.15) is 5.70 Å². The van der Waals surface area contributed by atoms with Crippen molar-refractivity contribution < 1.29 is 4.79 Å². The number of guanidine groups is 1. The minimum atomic E-state index is -0.216. The first-order valence-corrected chi connectivity index (χ1v) is 6.51. The average Bonchev–Trinajstić information content (AvgIpc) is 3.02. The monoisotopic (exact) mass is 270 g/mol. The van der Waals surface area contributed by atoms with Gasteiger partial charge in [-0.1, -0.05) is 18.2 Å². The molecule has 0 saturated heterocycles. The molecule has 6 heteroatoms. The van der Waals surface area contributed by atoms with E-state index >= 15 is 0 Å². The zero-order valence-corrected chi connectivity index (χ0v) is 10.6. The Kier molecular flexibility index (Phi) is 3.07. The number of carbonyl (C=O) groups is 1. The summed E-state index contributed by atoms with van der Waals surface area (Å²) >= 11 is 1.46. The summed E-state index contributed by atoms with van der Waals surface area (Å²) in [4.78, 5) is 20.8. The molecule has 0 saturated carbocycles. The standard InChI is InChI=1S/C13H10N4OS/c18-12-11(6-10-7-14-8-19-10)16-13(17-12)15-9-4-2-1-3-5-9/h1-8H,(H2,15,16,17,18)/b11-6-. The van der Waals surface area contributed by atoms with Crippen LogP contribution in [-0.2, 0) is 4.79 Å². The third-order valence-electron chi connectivity index (χ3n) is 2.46. The molecule has 0 atom stereocenters. The molecular formula is C13H10N4OS. The van der Waals surface area contributed by atoms with E-state index in [9.17, 15) is 4.79 Å². The van der Waals surface area contributed by atoms with Gasteiger partial charge in [-0.25, -0.2) is 4.99 Å². The van der Waals surface area contributed by atoms with Crippen LogP contribution in [0.3, 0.4) is 0 Å². The molecule has 1 aliphatic rings. The number of nitrogens with one attached hydrogen (secondary N) is 2. The number of hydrogen-bond donors (Lipinski definition) is 2. The Bertz CT molecular complexity index is 647. The van der Waals surface area contributed by atoms with Gasteiger partial charge in [-0.05, 0) is 18.2 Å². The molecule has 0 bridgehead atoms. The van der Waals surface area contributed by atoms with Gasteiger partial charge >= 0.3 is 0 Å². The summed E-state index contributed by atoms with van der Waals surface area (Å²) < 4.78 is 0. The highest BCUT2D eigenvalue weighted by Gasteiger charge is 2.20. The van der Waals surface area contributed by atoms with Gasteiger partial charge in [-0.3, -0.25) is 15.1 Å². The van der Waals surface area contributed by atoms with Crippen LogP contribution in [0, 0.1) is 0 Å². The van der Waals surface area contributed by atoms with Gasteiger partial charge < -0.3 is 5.32 Å². The van der Waals surface area contributed by atoms with Crippen molar-refractivity contribution in [2.45, 2.75) is 0 Å². The van der Waals surface area contributed by atoms with Crippen LogP contribution in [-0.4, -0.2) is 16.9 Å². The van der Waals surface area contributed by atoms with Crippen LogP contribution in [0.1, 0.15) is 4.88 Å². The smallest absolute Gasteiger partial charge is 0.276 e. The summed E-state index contributed by atoms with van der Waals surface area (Å²) in [6.07, 6.45) is 3.41. The van der Waals surface area contributed by atoms with Crippen molar-refractivity contribution >= 4 is 35.0 Å².